The molecule has 4 nitrogen and oxygen atoms in total. The Hall–Kier alpha value is -2.27. The van der Waals surface area contributed by atoms with Gasteiger partial charge in [-0.05, 0) is 47.9 Å². The summed E-state index contributed by atoms with van der Waals surface area (Å²) in [5, 5.41) is 0. The highest BCUT2D eigenvalue weighted by Gasteiger charge is 2.29. The van der Waals surface area contributed by atoms with Crippen LogP contribution in [0.4, 0.5) is 0 Å². The molecule has 0 N–H and O–H groups in total. The molecule has 2 aromatic rings. The minimum atomic E-state index is -0.335. The lowest BCUT2D eigenvalue weighted by atomic mass is 9.85. The Bertz CT molecular complexity index is 926. The summed E-state index contributed by atoms with van der Waals surface area (Å²) in [5.74, 6) is 0.571. The number of ether oxygens (including phenoxy) is 2. The van der Waals surface area contributed by atoms with E-state index in [9.17, 15) is 9.59 Å². The van der Waals surface area contributed by atoms with E-state index >= 15 is 0 Å². The molecule has 0 aliphatic heterocycles. The first-order valence-corrected chi connectivity index (χ1v) is 11.3. The number of carbonyl (C=O) groups is 2. The molecule has 168 valence electrons. The zero-order valence-corrected chi connectivity index (χ0v) is 21.2. The van der Waals surface area contributed by atoms with Crippen LogP contribution in [0.2, 0.25) is 0 Å². The van der Waals surface area contributed by atoms with Crippen molar-refractivity contribution >= 4 is 23.7 Å². The van der Waals surface area contributed by atoms with E-state index < -0.39 is 0 Å². The van der Waals surface area contributed by atoms with Gasteiger partial charge in [0, 0.05) is 34.8 Å². The number of carbonyl (C=O) groups excluding carboxylic acids is 2. The standard InChI is InChI=1S/C26H34O4S/c1-15-11-13-19(21(25(5,6)7)23(15)29-17(3)27)31-20-14-12-16(2)24(30-18(4)28)22(20)26(8,9)10/h11-14H,1-10H3. The van der Waals surface area contributed by atoms with Crippen molar-refractivity contribution in [3.05, 3.63) is 46.5 Å². The number of rotatable bonds is 4. The molecule has 0 unspecified atom stereocenters. The fraction of sp³-hybridized carbons (Fsp3) is 0.462. The van der Waals surface area contributed by atoms with Crippen molar-refractivity contribution in [2.75, 3.05) is 0 Å². The molecule has 31 heavy (non-hydrogen) atoms. The van der Waals surface area contributed by atoms with E-state index in [-0.39, 0.29) is 22.8 Å². The van der Waals surface area contributed by atoms with Crippen molar-refractivity contribution in [2.24, 2.45) is 0 Å². The van der Waals surface area contributed by atoms with E-state index in [0.29, 0.717) is 11.5 Å². The van der Waals surface area contributed by atoms with Crippen LogP contribution in [0.1, 0.15) is 77.6 Å². The highest BCUT2D eigenvalue weighted by atomic mass is 32.2. The molecule has 0 radical (unpaired) electrons. The lowest BCUT2D eigenvalue weighted by Crippen LogP contribution is -2.18. The van der Waals surface area contributed by atoms with Crippen molar-refractivity contribution in [1.29, 1.82) is 0 Å². The first-order chi connectivity index (χ1) is 14.1. The highest BCUT2D eigenvalue weighted by Crippen LogP contribution is 2.48. The monoisotopic (exact) mass is 442 g/mol. The summed E-state index contributed by atoms with van der Waals surface area (Å²) in [6.07, 6.45) is 0. The molecule has 0 aromatic heterocycles. The molecule has 0 atom stereocenters. The maximum atomic E-state index is 11.8. The molecule has 2 rings (SSSR count). The van der Waals surface area contributed by atoms with Gasteiger partial charge in [0.25, 0.3) is 0 Å². The maximum Gasteiger partial charge on any atom is 0.308 e. The zero-order chi connectivity index (χ0) is 23.7. The summed E-state index contributed by atoms with van der Waals surface area (Å²) in [6, 6.07) is 8.11. The smallest absolute Gasteiger partial charge is 0.308 e. The molecule has 0 saturated heterocycles. The van der Waals surface area contributed by atoms with Crippen LogP contribution >= 0.6 is 11.8 Å². The fourth-order valence-corrected chi connectivity index (χ4v) is 5.11. The number of hydrogen-bond donors (Lipinski definition) is 0. The molecule has 0 amide bonds. The van der Waals surface area contributed by atoms with Crippen LogP contribution in [-0.2, 0) is 20.4 Å². The molecule has 0 saturated carbocycles. The van der Waals surface area contributed by atoms with E-state index in [1.165, 1.54) is 13.8 Å². The third kappa shape index (κ3) is 5.91. The number of aryl methyl sites for hydroxylation is 2. The molecule has 0 bridgehead atoms. The van der Waals surface area contributed by atoms with Gasteiger partial charge in [0.15, 0.2) is 0 Å². The summed E-state index contributed by atoms with van der Waals surface area (Å²) in [7, 11) is 0. The summed E-state index contributed by atoms with van der Waals surface area (Å²) in [6.45, 7) is 19.4. The summed E-state index contributed by atoms with van der Waals surface area (Å²) in [4.78, 5) is 25.6. The molecule has 0 spiro atoms. The first kappa shape index (κ1) is 25.0. The minimum Gasteiger partial charge on any atom is -0.426 e. The summed E-state index contributed by atoms with van der Waals surface area (Å²) >= 11 is 1.61. The van der Waals surface area contributed by atoms with Crippen molar-refractivity contribution in [1.82, 2.24) is 0 Å². The maximum absolute atomic E-state index is 11.8. The topological polar surface area (TPSA) is 52.6 Å². The molecular formula is C26H34O4S. The zero-order valence-electron chi connectivity index (χ0n) is 20.4. The number of esters is 2. The van der Waals surface area contributed by atoms with Gasteiger partial charge in [-0.15, -0.1) is 0 Å². The van der Waals surface area contributed by atoms with Gasteiger partial charge in [-0.2, -0.15) is 0 Å². The SMILES string of the molecule is CC(=O)Oc1c(C)ccc(Sc2ccc(C)c(OC(C)=O)c2C(C)(C)C)c1C(C)(C)C. The Kier molecular flexibility index (Phi) is 7.32. The average Bonchev–Trinajstić information content (AvgIpc) is 2.57. The molecule has 0 aliphatic rings. The fourth-order valence-electron chi connectivity index (χ4n) is 3.60. The van der Waals surface area contributed by atoms with Crippen LogP contribution in [0.25, 0.3) is 0 Å². The van der Waals surface area contributed by atoms with Crippen LogP contribution in [0, 0.1) is 13.8 Å². The van der Waals surface area contributed by atoms with Crippen LogP contribution in [-0.4, -0.2) is 11.9 Å². The highest BCUT2D eigenvalue weighted by molar-refractivity contribution is 7.99. The molecule has 0 aliphatic carbocycles. The Balaban J connectivity index is 2.77. The van der Waals surface area contributed by atoms with E-state index in [0.717, 1.165) is 32.0 Å². The van der Waals surface area contributed by atoms with Gasteiger partial charge in [0.1, 0.15) is 11.5 Å². The Morgan fingerprint density at radius 2 is 1.00 bits per heavy atom. The normalized spacial score (nSPS) is 11.9. The van der Waals surface area contributed by atoms with Crippen molar-refractivity contribution in [3.8, 4) is 11.5 Å². The number of benzene rings is 2. The van der Waals surface area contributed by atoms with Gasteiger partial charge < -0.3 is 9.47 Å². The van der Waals surface area contributed by atoms with Crippen LogP contribution in [0.15, 0.2) is 34.1 Å². The lowest BCUT2D eigenvalue weighted by Gasteiger charge is -2.29. The predicted molar refractivity (Wildman–Crippen MR) is 126 cm³/mol. The third-order valence-corrected chi connectivity index (χ3v) is 5.96. The Morgan fingerprint density at radius 3 is 1.26 bits per heavy atom. The van der Waals surface area contributed by atoms with E-state index in [1.54, 1.807) is 11.8 Å². The van der Waals surface area contributed by atoms with Gasteiger partial charge in [0.05, 0.1) is 0 Å². The van der Waals surface area contributed by atoms with Crippen LogP contribution in [0.3, 0.4) is 0 Å². The van der Waals surface area contributed by atoms with Crippen molar-refractivity contribution < 1.29 is 19.1 Å². The second-order valence-electron chi connectivity index (χ2n) is 9.96. The molecule has 0 heterocycles. The van der Waals surface area contributed by atoms with Gasteiger partial charge in [0.2, 0.25) is 0 Å². The van der Waals surface area contributed by atoms with Gasteiger partial charge >= 0.3 is 11.9 Å². The molecule has 2 aromatic carbocycles. The van der Waals surface area contributed by atoms with Crippen LogP contribution in [0.5, 0.6) is 11.5 Å². The minimum absolute atomic E-state index is 0.246. The summed E-state index contributed by atoms with van der Waals surface area (Å²) in [5.41, 5.74) is 3.33. The van der Waals surface area contributed by atoms with Gasteiger partial charge in [-0.25, -0.2) is 0 Å². The van der Waals surface area contributed by atoms with Crippen molar-refractivity contribution in [2.45, 2.75) is 89.9 Å². The Morgan fingerprint density at radius 1 is 0.677 bits per heavy atom. The van der Waals surface area contributed by atoms with E-state index in [1.807, 2.05) is 26.0 Å². The van der Waals surface area contributed by atoms with Crippen molar-refractivity contribution in [3.63, 3.8) is 0 Å². The van der Waals surface area contributed by atoms with Gasteiger partial charge in [-0.3, -0.25) is 9.59 Å². The summed E-state index contributed by atoms with van der Waals surface area (Å²) < 4.78 is 11.3. The third-order valence-electron chi connectivity index (χ3n) is 4.84. The van der Waals surface area contributed by atoms with Crippen LogP contribution < -0.4 is 9.47 Å². The largest absolute Gasteiger partial charge is 0.426 e. The van der Waals surface area contributed by atoms with E-state index in [4.69, 9.17) is 9.47 Å². The molecule has 5 heteroatoms. The second kappa shape index (κ2) is 9.07. The molecular weight excluding hydrogens is 408 g/mol. The predicted octanol–water partition coefficient (Wildman–Crippen LogP) is 6.90. The Labute approximate surface area is 190 Å². The molecule has 0 fully saturated rings. The van der Waals surface area contributed by atoms with Gasteiger partial charge in [-0.1, -0.05) is 65.4 Å². The average molecular weight is 443 g/mol. The quantitative estimate of drug-likeness (QED) is 0.381. The first-order valence-electron chi connectivity index (χ1n) is 10.5. The lowest BCUT2D eigenvalue weighted by molar-refractivity contribution is -0.133. The van der Waals surface area contributed by atoms with E-state index in [2.05, 4.69) is 53.7 Å². The second-order valence-corrected chi connectivity index (χ2v) is 11.0. The number of hydrogen-bond acceptors (Lipinski definition) is 5.